The number of amides is 2. The third kappa shape index (κ3) is 9.80. The highest BCUT2D eigenvalue weighted by Crippen LogP contribution is 2.29. The molecule has 5 nitrogen and oxygen atoms in total. The smallest absolute Gasteiger partial charge is 0.220 e. The summed E-state index contributed by atoms with van der Waals surface area (Å²) >= 11 is 0. The lowest BCUT2D eigenvalue weighted by molar-refractivity contribution is -0.122. The highest BCUT2D eigenvalue weighted by Gasteiger charge is 2.04. The van der Waals surface area contributed by atoms with Crippen molar-refractivity contribution in [2.24, 2.45) is 0 Å². The van der Waals surface area contributed by atoms with Crippen molar-refractivity contribution in [3.63, 3.8) is 0 Å². The van der Waals surface area contributed by atoms with Crippen LogP contribution in [0.1, 0.15) is 30.4 Å². The summed E-state index contributed by atoms with van der Waals surface area (Å²) in [6.45, 7) is 2.99. The van der Waals surface area contributed by atoms with Crippen molar-refractivity contribution in [1.82, 2.24) is 15.6 Å². The van der Waals surface area contributed by atoms with E-state index in [0.717, 1.165) is 23.6 Å². The summed E-state index contributed by atoms with van der Waals surface area (Å²) in [5, 5.41) is 6.63. The predicted molar refractivity (Wildman–Crippen MR) is 117 cm³/mol. The van der Waals surface area contributed by atoms with E-state index in [0.29, 0.717) is 25.9 Å². The number of benzene rings is 1. The van der Waals surface area contributed by atoms with Gasteiger partial charge in [0, 0.05) is 37.9 Å². The molecule has 1 heterocycles. The first kappa shape index (κ1) is 22.3. The third-order valence-electron chi connectivity index (χ3n) is 3.95. The predicted octanol–water partition coefficient (Wildman–Crippen LogP) is 3.78. The molecule has 7 heteroatoms. The molecular weight excluding hydrogens is 390 g/mol. The Balaban J connectivity index is 1.44. The van der Waals surface area contributed by atoms with Crippen LogP contribution in [-0.4, -0.2) is 35.6 Å². The van der Waals surface area contributed by atoms with Crippen molar-refractivity contribution in [1.29, 1.82) is 0 Å². The van der Waals surface area contributed by atoms with Gasteiger partial charge in [0.25, 0.3) is 0 Å². The van der Waals surface area contributed by atoms with Crippen LogP contribution in [0.25, 0.3) is 0 Å². The van der Waals surface area contributed by atoms with Gasteiger partial charge in [-0.3, -0.25) is 9.59 Å². The van der Waals surface area contributed by atoms with Crippen LogP contribution in [0.3, 0.4) is 0 Å². The van der Waals surface area contributed by atoms with Gasteiger partial charge in [0.1, 0.15) is 5.03 Å². The molecule has 0 aliphatic heterocycles. The number of carbonyl (C=O) groups excluding carboxylic acids is 2. The second-order valence-corrected chi connectivity index (χ2v) is 8.80. The fourth-order valence-corrected chi connectivity index (χ4v) is 4.29. The highest BCUT2D eigenvalue weighted by molar-refractivity contribution is 8.76. The summed E-state index contributed by atoms with van der Waals surface area (Å²) in [5.74, 6) is 0.754. The molecule has 0 aliphatic carbocycles. The minimum atomic E-state index is 0.00254. The van der Waals surface area contributed by atoms with Crippen LogP contribution in [0.2, 0.25) is 0 Å². The fourth-order valence-electron chi connectivity index (χ4n) is 2.42. The zero-order valence-electron chi connectivity index (χ0n) is 16.1. The second-order valence-electron chi connectivity index (χ2n) is 6.36. The molecule has 0 bridgehead atoms. The fraction of sp³-hybridized carbons (Fsp3) is 0.381. The van der Waals surface area contributed by atoms with Crippen molar-refractivity contribution in [3.8, 4) is 0 Å². The standard InChI is InChI=1S/C21H27N3O2S2/c1-17-8-10-18(11-9-17)5-4-6-19(25)22-14-15-23-20(26)12-16-27-28-21-7-2-3-13-24-21/h2-3,7-11,13H,4-6,12,14-16H2,1H3,(H,22,25)(H,23,26). The van der Waals surface area contributed by atoms with Crippen LogP contribution >= 0.6 is 21.6 Å². The van der Waals surface area contributed by atoms with Crippen LogP contribution < -0.4 is 10.6 Å². The molecule has 2 N–H and O–H groups in total. The summed E-state index contributed by atoms with van der Waals surface area (Å²) in [7, 11) is 3.18. The largest absolute Gasteiger partial charge is 0.354 e. The maximum absolute atomic E-state index is 11.8. The zero-order chi connectivity index (χ0) is 20.0. The Morgan fingerprint density at radius 1 is 0.964 bits per heavy atom. The molecule has 2 rings (SSSR count). The van der Waals surface area contributed by atoms with Crippen LogP contribution in [0.15, 0.2) is 53.7 Å². The zero-order valence-corrected chi connectivity index (χ0v) is 17.8. The van der Waals surface area contributed by atoms with Crippen LogP contribution in [0, 0.1) is 6.92 Å². The van der Waals surface area contributed by atoms with Gasteiger partial charge in [0.15, 0.2) is 0 Å². The molecule has 0 unspecified atom stereocenters. The Kier molecular flexibility index (Phi) is 10.5. The van der Waals surface area contributed by atoms with Crippen molar-refractivity contribution in [2.45, 2.75) is 37.6 Å². The molecule has 2 aromatic rings. The summed E-state index contributed by atoms with van der Waals surface area (Å²) in [6, 6.07) is 14.2. The van der Waals surface area contributed by atoms with E-state index in [2.05, 4.69) is 46.8 Å². The first-order valence-electron chi connectivity index (χ1n) is 9.43. The molecule has 0 atom stereocenters. The van der Waals surface area contributed by atoms with E-state index in [1.54, 1.807) is 27.8 Å². The number of hydrogen-bond acceptors (Lipinski definition) is 5. The van der Waals surface area contributed by atoms with E-state index >= 15 is 0 Å². The topological polar surface area (TPSA) is 71.1 Å². The third-order valence-corrected chi connectivity index (χ3v) is 6.22. The maximum atomic E-state index is 11.8. The first-order chi connectivity index (χ1) is 13.6. The lowest BCUT2D eigenvalue weighted by Gasteiger charge is -2.07. The Bertz CT molecular complexity index is 724. The number of nitrogens with zero attached hydrogens (tertiary/aromatic N) is 1. The lowest BCUT2D eigenvalue weighted by atomic mass is 10.1. The molecule has 0 aliphatic rings. The van der Waals surface area contributed by atoms with E-state index in [4.69, 9.17) is 0 Å². The minimum absolute atomic E-state index is 0.00254. The number of pyridine rings is 1. The maximum Gasteiger partial charge on any atom is 0.220 e. The summed E-state index contributed by atoms with van der Waals surface area (Å²) in [5.41, 5.74) is 2.50. The van der Waals surface area contributed by atoms with Gasteiger partial charge in [0.2, 0.25) is 11.8 Å². The lowest BCUT2D eigenvalue weighted by Crippen LogP contribution is -2.34. The van der Waals surface area contributed by atoms with Crippen molar-refractivity contribution in [2.75, 3.05) is 18.8 Å². The van der Waals surface area contributed by atoms with Crippen molar-refractivity contribution >= 4 is 33.4 Å². The molecular formula is C21H27N3O2S2. The number of aromatic nitrogens is 1. The second kappa shape index (κ2) is 13.2. The van der Waals surface area contributed by atoms with E-state index in [1.807, 2.05) is 18.2 Å². The SMILES string of the molecule is Cc1ccc(CCCC(=O)NCCNC(=O)CCSSc2ccccn2)cc1. The monoisotopic (exact) mass is 417 g/mol. The molecule has 1 aromatic carbocycles. The molecule has 0 saturated heterocycles. The highest BCUT2D eigenvalue weighted by atomic mass is 33.1. The molecule has 0 radical (unpaired) electrons. The minimum Gasteiger partial charge on any atom is -0.354 e. The Hall–Kier alpha value is -1.99. The van der Waals surface area contributed by atoms with Crippen LogP contribution in [0.4, 0.5) is 0 Å². The van der Waals surface area contributed by atoms with Gasteiger partial charge in [-0.15, -0.1) is 0 Å². The number of rotatable bonds is 12. The van der Waals surface area contributed by atoms with E-state index in [-0.39, 0.29) is 11.8 Å². The Labute approximate surface area is 174 Å². The average molecular weight is 418 g/mol. The Morgan fingerprint density at radius 3 is 2.36 bits per heavy atom. The number of carbonyl (C=O) groups is 2. The number of nitrogens with one attached hydrogen (secondary N) is 2. The van der Waals surface area contributed by atoms with Crippen LogP contribution in [0.5, 0.6) is 0 Å². The van der Waals surface area contributed by atoms with Gasteiger partial charge in [-0.25, -0.2) is 4.98 Å². The summed E-state index contributed by atoms with van der Waals surface area (Å²) in [4.78, 5) is 27.8. The van der Waals surface area contributed by atoms with Gasteiger partial charge in [0.05, 0.1) is 0 Å². The summed E-state index contributed by atoms with van der Waals surface area (Å²) < 4.78 is 0. The van der Waals surface area contributed by atoms with Gasteiger partial charge in [-0.2, -0.15) is 0 Å². The molecule has 0 fully saturated rings. The van der Waals surface area contributed by atoms with E-state index in [1.165, 1.54) is 11.1 Å². The normalized spacial score (nSPS) is 10.5. The molecule has 0 saturated carbocycles. The van der Waals surface area contributed by atoms with Crippen LogP contribution in [-0.2, 0) is 16.0 Å². The summed E-state index contributed by atoms with van der Waals surface area (Å²) in [6.07, 6.45) is 4.44. The Morgan fingerprint density at radius 2 is 1.68 bits per heavy atom. The number of aryl methyl sites for hydroxylation is 2. The molecule has 0 spiro atoms. The molecule has 150 valence electrons. The van der Waals surface area contributed by atoms with Gasteiger partial charge < -0.3 is 10.6 Å². The average Bonchev–Trinajstić information content (AvgIpc) is 2.71. The molecule has 2 amide bonds. The quantitative estimate of drug-likeness (QED) is 0.406. The number of hydrogen-bond donors (Lipinski definition) is 2. The van der Waals surface area contributed by atoms with Gasteiger partial charge in [-0.05, 0) is 48.3 Å². The van der Waals surface area contributed by atoms with Gasteiger partial charge >= 0.3 is 0 Å². The molecule has 28 heavy (non-hydrogen) atoms. The first-order valence-corrected chi connectivity index (χ1v) is 11.7. The van der Waals surface area contributed by atoms with E-state index < -0.39 is 0 Å². The van der Waals surface area contributed by atoms with Crippen molar-refractivity contribution in [3.05, 3.63) is 59.8 Å². The van der Waals surface area contributed by atoms with Gasteiger partial charge in [-0.1, -0.05) is 46.7 Å². The van der Waals surface area contributed by atoms with Crippen molar-refractivity contribution < 1.29 is 9.59 Å². The molecule has 1 aromatic heterocycles. The van der Waals surface area contributed by atoms with E-state index in [9.17, 15) is 9.59 Å².